The van der Waals surface area contributed by atoms with Crippen LogP contribution in [-0.4, -0.2) is 21.9 Å². The number of halogens is 1. The Morgan fingerprint density at radius 2 is 2.00 bits per heavy atom. The molecule has 0 radical (unpaired) electrons. The number of aromatic nitrogens is 2. The molecule has 126 valence electrons. The fraction of sp³-hybridized carbons (Fsp3) is 0.294. The molecule has 0 saturated carbocycles. The molecule has 2 heterocycles. The van der Waals surface area contributed by atoms with E-state index in [9.17, 15) is 9.18 Å². The Kier molecular flexibility index (Phi) is 4.91. The van der Waals surface area contributed by atoms with Gasteiger partial charge in [-0.1, -0.05) is 11.8 Å². The van der Waals surface area contributed by atoms with Gasteiger partial charge in [0.2, 0.25) is 0 Å². The number of thiophene rings is 1. The van der Waals surface area contributed by atoms with E-state index < -0.39 is 0 Å². The summed E-state index contributed by atoms with van der Waals surface area (Å²) in [5.74, 6) is 0.983. The number of hydrogen-bond acceptors (Lipinski definition) is 5. The summed E-state index contributed by atoms with van der Waals surface area (Å²) in [5, 5.41) is 1.39. The zero-order chi connectivity index (χ0) is 17.3. The summed E-state index contributed by atoms with van der Waals surface area (Å²) in [6.45, 7) is 4.41. The normalized spacial score (nSPS) is 11.2. The minimum atomic E-state index is -0.286. The van der Waals surface area contributed by atoms with Gasteiger partial charge in [-0.25, -0.2) is 9.37 Å². The van der Waals surface area contributed by atoms with Crippen molar-refractivity contribution in [3.8, 4) is 5.75 Å². The van der Waals surface area contributed by atoms with Gasteiger partial charge in [-0.15, -0.1) is 11.3 Å². The van der Waals surface area contributed by atoms with Gasteiger partial charge in [0, 0.05) is 17.7 Å². The first-order valence-corrected chi connectivity index (χ1v) is 9.25. The second-order valence-corrected chi connectivity index (χ2v) is 7.64. The molecule has 3 rings (SSSR count). The quantitative estimate of drug-likeness (QED) is 0.391. The van der Waals surface area contributed by atoms with Crippen molar-refractivity contribution in [3.63, 3.8) is 0 Å². The predicted octanol–water partition coefficient (Wildman–Crippen LogP) is 3.92. The van der Waals surface area contributed by atoms with Crippen LogP contribution in [0.15, 0.2) is 34.2 Å². The highest BCUT2D eigenvalue weighted by atomic mass is 32.2. The van der Waals surface area contributed by atoms with Gasteiger partial charge in [0.15, 0.2) is 5.16 Å². The molecular formula is C17H17FN2O2S2. The van der Waals surface area contributed by atoms with E-state index >= 15 is 0 Å². The van der Waals surface area contributed by atoms with Crippen LogP contribution in [0.4, 0.5) is 4.39 Å². The largest absolute Gasteiger partial charge is 0.493 e. The molecule has 2 aromatic heterocycles. The Labute approximate surface area is 147 Å². The Bertz CT molecular complexity index is 932. The molecule has 0 aliphatic carbocycles. The van der Waals surface area contributed by atoms with Crippen molar-refractivity contribution < 1.29 is 9.13 Å². The Hall–Kier alpha value is -1.86. The van der Waals surface area contributed by atoms with E-state index in [1.807, 2.05) is 13.8 Å². The zero-order valence-electron chi connectivity index (χ0n) is 13.6. The highest BCUT2D eigenvalue weighted by Gasteiger charge is 2.14. The van der Waals surface area contributed by atoms with Gasteiger partial charge in [-0.2, -0.15) is 0 Å². The van der Waals surface area contributed by atoms with Crippen molar-refractivity contribution in [2.24, 2.45) is 7.05 Å². The van der Waals surface area contributed by atoms with Crippen LogP contribution < -0.4 is 10.3 Å². The summed E-state index contributed by atoms with van der Waals surface area (Å²) >= 11 is 3.02. The standard InChI is InChI=1S/C17H17FN2O2S2/c1-10-11(2)24-15-14(10)16(21)20(3)17(19-15)23-9-8-22-13-6-4-12(18)5-7-13/h4-7H,8-9H2,1-3H3. The Morgan fingerprint density at radius 3 is 2.71 bits per heavy atom. The molecule has 0 saturated heterocycles. The lowest BCUT2D eigenvalue weighted by molar-refractivity contribution is 0.343. The molecule has 0 atom stereocenters. The van der Waals surface area contributed by atoms with Crippen LogP contribution in [0, 0.1) is 19.7 Å². The SMILES string of the molecule is Cc1sc2nc(SCCOc3ccc(F)cc3)n(C)c(=O)c2c1C. The molecule has 0 N–H and O–H groups in total. The molecular weight excluding hydrogens is 347 g/mol. The molecule has 0 unspecified atom stereocenters. The minimum absolute atomic E-state index is 0.0104. The van der Waals surface area contributed by atoms with Gasteiger partial charge in [-0.3, -0.25) is 9.36 Å². The van der Waals surface area contributed by atoms with Crippen LogP contribution in [-0.2, 0) is 7.05 Å². The predicted molar refractivity (Wildman–Crippen MR) is 97.0 cm³/mol. The maximum Gasteiger partial charge on any atom is 0.262 e. The van der Waals surface area contributed by atoms with E-state index in [1.54, 1.807) is 35.1 Å². The summed E-state index contributed by atoms with van der Waals surface area (Å²) in [6, 6.07) is 5.92. The first kappa shape index (κ1) is 17.0. The van der Waals surface area contributed by atoms with E-state index in [0.717, 1.165) is 15.3 Å². The number of aryl methyl sites for hydroxylation is 2. The second kappa shape index (κ2) is 6.94. The van der Waals surface area contributed by atoms with Crippen LogP contribution >= 0.6 is 23.1 Å². The molecule has 1 aromatic carbocycles. The maximum absolute atomic E-state index is 12.8. The van der Waals surface area contributed by atoms with E-state index in [4.69, 9.17) is 4.74 Å². The first-order valence-electron chi connectivity index (χ1n) is 7.45. The number of benzene rings is 1. The lowest BCUT2D eigenvalue weighted by Crippen LogP contribution is -2.20. The molecule has 0 bridgehead atoms. The molecule has 0 fully saturated rings. The smallest absolute Gasteiger partial charge is 0.262 e. The number of thioether (sulfide) groups is 1. The van der Waals surface area contributed by atoms with Gasteiger partial charge in [-0.05, 0) is 43.7 Å². The van der Waals surface area contributed by atoms with Crippen LogP contribution in [0.25, 0.3) is 10.2 Å². The third-order valence-electron chi connectivity index (χ3n) is 3.77. The van der Waals surface area contributed by atoms with Crippen molar-refractivity contribution in [1.82, 2.24) is 9.55 Å². The van der Waals surface area contributed by atoms with Crippen molar-refractivity contribution in [2.75, 3.05) is 12.4 Å². The van der Waals surface area contributed by atoms with E-state index in [-0.39, 0.29) is 11.4 Å². The van der Waals surface area contributed by atoms with Crippen LogP contribution in [0.1, 0.15) is 10.4 Å². The molecule has 0 aliphatic rings. The van der Waals surface area contributed by atoms with Crippen molar-refractivity contribution in [3.05, 3.63) is 50.9 Å². The zero-order valence-corrected chi connectivity index (χ0v) is 15.3. The van der Waals surface area contributed by atoms with E-state index in [2.05, 4.69) is 4.98 Å². The molecule has 7 heteroatoms. The first-order chi connectivity index (χ1) is 11.5. The number of ether oxygens (including phenoxy) is 1. The molecule has 0 amide bonds. The van der Waals surface area contributed by atoms with Crippen LogP contribution in [0.3, 0.4) is 0 Å². The van der Waals surface area contributed by atoms with Gasteiger partial charge in [0.05, 0.1) is 12.0 Å². The monoisotopic (exact) mass is 364 g/mol. The van der Waals surface area contributed by atoms with Crippen molar-refractivity contribution in [2.45, 2.75) is 19.0 Å². The number of nitrogens with zero attached hydrogens (tertiary/aromatic N) is 2. The number of fused-ring (bicyclic) bond motifs is 1. The van der Waals surface area contributed by atoms with Crippen LogP contribution in [0.5, 0.6) is 5.75 Å². The fourth-order valence-corrected chi connectivity index (χ4v) is 4.17. The summed E-state index contributed by atoms with van der Waals surface area (Å²) in [7, 11) is 1.74. The number of rotatable bonds is 5. The van der Waals surface area contributed by atoms with Gasteiger partial charge >= 0.3 is 0 Å². The third kappa shape index (κ3) is 3.32. The summed E-state index contributed by atoms with van der Waals surface area (Å²) in [5.41, 5.74) is 1.00. The molecule has 4 nitrogen and oxygen atoms in total. The van der Waals surface area contributed by atoms with E-state index in [0.29, 0.717) is 28.7 Å². The highest BCUT2D eigenvalue weighted by Crippen LogP contribution is 2.28. The number of hydrogen-bond donors (Lipinski definition) is 0. The van der Waals surface area contributed by atoms with Gasteiger partial charge in [0.25, 0.3) is 5.56 Å². The summed E-state index contributed by atoms with van der Waals surface area (Å²) < 4.78 is 20.0. The summed E-state index contributed by atoms with van der Waals surface area (Å²) in [6.07, 6.45) is 0. The second-order valence-electron chi connectivity index (χ2n) is 5.37. The molecule has 0 aliphatic heterocycles. The lowest BCUT2D eigenvalue weighted by atomic mass is 10.2. The topological polar surface area (TPSA) is 44.1 Å². The van der Waals surface area contributed by atoms with Crippen molar-refractivity contribution in [1.29, 1.82) is 0 Å². The van der Waals surface area contributed by atoms with E-state index in [1.165, 1.54) is 23.9 Å². The van der Waals surface area contributed by atoms with Crippen LogP contribution in [0.2, 0.25) is 0 Å². The average Bonchev–Trinajstić information content (AvgIpc) is 2.84. The highest BCUT2D eigenvalue weighted by molar-refractivity contribution is 7.99. The van der Waals surface area contributed by atoms with Gasteiger partial charge < -0.3 is 4.74 Å². The molecule has 3 aromatic rings. The Morgan fingerprint density at radius 1 is 1.29 bits per heavy atom. The average molecular weight is 364 g/mol. The third-order valence-corrected chi connectivity index (χ3v) is 5.86. The Balaban J connectivity index is 1.70. The van der Waals surface area contributed by atoms with Gasteiger partial charge in [0.1, 0.15) is 16.4 Å². The fourth-order valence-electron chi connectivity index (χ4n) is 2.31. The summed E-state index contributed by atoms with van der Waals surface area (Å²) in [4.78, 5) is 19.0. The minimum Gasteiger partial charge on any atom is -0.493 e. The molecule has 24 heavy (non-hydrogen) atoms. The molecule has 0 spiro atoms. The lowest BCUT2D eigenvalue weighted by Gasteiger charge is -2.08. The maximum atomic E-state index is 12.8. The van der Waals surface area contributed by atoms with Crippen molar-refractivity contribution >= 4 is 33.3 Å².